The number of aromatic hydroxyl groups is 1. The van der Waals surface area contributed by atoms with Gasteiger partial charge in [-0.05, 0) is 43.5 Å². The monoisotopic (exact) mass is 291 g/mol. The van der Waals surface area contributed by atoms with Crippen LogP contribution in [-0.2, 0) is 4.79 Å². The maximum atomic E-state index is 12.3. The van der Waals surface area contributed by atoms with E-state index < -0.39 is 11.9 Å². The quantitative estimate of drug-likeness (QED) is 0.747. The summed E-state index contributed by atoms with van der Waals surface area (Å²) in [4.78, 5) is 23.6. The SMILES string of the molecule is Cc1cc(C(=O)NC2CCCCCC2C(=O)O)ccc1O. The first-order valence-corrected chi connectivity index (χ1v) is 7.32. The van der Waals surface area contributed by atoms with Gasteiger partial charge in [-0.3, -0.25) is 9.59 Å². The van der Waals surface area contributed by atoms with Crippen molar-refractivity contribution in [2.24, 2.45) is 5.92 Å². The minimum atomic E-state index is -0.843. The van der Waals surface area contributed by atoms with E-state index in [-0.39, 0.29) is 17.7 Å². The third kappa shape index (κ3) is 3.74. The molecule has 114 valence electrons. The molecule has 1 saturated carbocycles. The molecule has 5 nitrogen and oxygen atoms in total. The predicted molar refractivity (Wildman–Crippen MR) is 78.3 cm³/mol. The third-order valence-electron chi connectivity index (χ3n) is 4.11. The van der Waals surface area contributed by atoms with Gasteiger partial charge in [-0.15, -0.1) is 0 Å². The fourth-order valence-corrected chi connectivity index (χ4v) is 2.82. The molecule has 1 aliphatic carbocycles. The van der Waals surface area contributed by atoms with Gasteiger partial charge in [0.25, 0.3) is 5.91 Å². The van der Waals surface area contributed by atoms with Gasteiger partial charge in [0, 0.05) is 11.6 Å². The van der Waals surface area contributed by atoms with Gasteiger partial charge in [-0.2, -0.15) is 0 Å². The summed E-state index contributed by atoms with van der Waals surface area (Å²) in [5.74, 6) is -1.50. The summed E-state index contributed by atoms with van der Waals surface area (Å²) in [6.07, 6.45) is 4.13. The largest absolute Gasteiger partial charge is 0.508 e. The summed E-state index contributed by atoms with van der Waals surface area (Å²) in [6.45, 7) is 1.72. The van der Waals surface area contributed by atoms with Crippen molar-refractivity contribution >= 4 is 11.9 Å². The molecule has 2 rings (SSSR count). The van der Waals surface area contributed by atoms with Crippen LogP contribution in [0, 0.1) is 12.8 Å². The first-order valence-electron chi connectivity index (χ1n) is 7.32. The average Bonchev–Trinajstić information content (AvgIpc) is 2.67. The lowest BCUT2D eigenvalue weighted by Gasteiger charge is -2.23. The van der Waals surface area contributed by atoms with Gasteiger partial charge in [-0.1, -0.05) is 19.3 Å². The van der Waals surface area contributed by atoms with Crippen LogP contribution in [0.5, 0.6) is 5.75 Å². The minimum absolute atomic E-state index is 0.143. The maximum Gasteiger partial charge on any atom is 0.308 e. The molecular weight excluding hydrogens is 270 g/mol. The number of carbonyl (C=O) groups excluding carboxylic acids is 1. The smallest absolute Gasteiger partial charge is 0.308 e. The normalized spacial score (nSPS) is 22.3. The van der Waals surface area contributed by atoms with Crippen LogP contribution in [0.4, 0.5) is 0 Å². The van der Waals surface area contributed by atoms with Crippen molar-refractivity contribution in [2.45, 2.75) is 45.1 Å². The Labute approximate surface area is 124 Å². The Morgan fingerprint density at radius 3 is 2.57 bits per heavy atom. The lowest BCUT2D eigenvalue weighted by Crippen LogP contribution is -2.42. The predicted octanol–water partition coefficient (Wildman–Crippen LogP) is 2.46. The van der Waals surface area contributed by atoms with E-state index in [1.807, 2.05) is 0 Å². The van der Waals surface area contributed by atoms with Crippen molar-refractivity contribution in [1.29, 1.82) is 0 Å². The molecule has 1 aromatic rings. The number of nitrogens with one attached hydrogen (secondary N) is 1. The zero-order valence-electron chi connectivity index (χ0n) is 12.1. The van der Waals surface area contributed by atoms with Crippen LogP contribution in [0.1, 0.15) is 48.0 Å². The molecule has 0 heterocycles. The van der Waals surface area contributed by atoms with Crippen molar-refractivity contribution in [1.82, 2.24) is 5.32 Å². The number of hydrogen-bond acceptors (Lipinski definition) is 3. The second kappa shape index (κ2) is 6.61. The van der Waals surface area contributed by atoms with Gasteiger partial charge < -0.3 is 15.5 Å². The van der Waals surface area contributed by atoms with Crippen molar-refractivity contribution in [3.05, 3.63) is 29.3 Å². The molecule has 0 spiro atoms. The van der Waals surface area contributed by atoms with E-state index in [2.05, 4.69) is 5.32 Å². The summed E-state index contributed by atoms with van der Waals surface area (Å²) in [5, 5.41) is 21.7. The molecule has 1 aliphatic rings. The molecule has 1 aromatic carbocycles. The topological polar surface area (TPSA) is 86.6 Å². The van der Waals surface area contributed by atoms with E-state index in [9.17, 15) is 19.8 Å². The number of hydrogen-bond donors (Lipinski definition) is 3. The molecule has 2 atom stereocenters. The van der Waals surface area contributed by atoms with Gasteiger partial charge in [0.05, 0.1) is 5.92 Å². The van der Waals surface area contributed by atoms with E-state index in [0.29, 0.717) is 24.0 Å². The average molecular weight is 291 g/mol. The fourth-order valence-electron chi connectivity index (χ4n) is 2.82. The van der Waals surface area contributed by atoms with Crippen molar-refractivity contribution < 1.29 is 19.8 Å². The van der Waals surface area contributed by atoms with Crippen LogP contribution in [0.2, 0.25) is 0 Å². The highest BCUT2D eigenvalue weighted by atomic mass is 16.4. The lowest BCUT2D eigenvalue weighted by atomic mass is 9.94. The van der Waals surface area contributed by atoms with Gasteiger partial charge in [0.2, 0.25) is 0 Å². The van der Waals surface area contributed by atoms with Gasteiger partial charge in [-0.25, -0.2) is 0 Å². The number of aryl methyl sites for hydroxylation is 1. The summed E-state index contributed by atoms with van der Waals surface area (Å²) in [5.41, 5.74) is 1.07. The zero-order valence-corrected chi connectivity index (χ0v) is 12.1. The fraction of sp³-hybridized carbons (Fsp3) is 0.500. The second-order valence-electron chi connectivity index (χ2n) is 5.66. The standard InChI is InChI=1S/C16H21NO4/c1-10-9-11(7-8-14(10)18)15(19)17-13-6-4-2-3-5-12(13)16(20)21/h7-9,12-13,18H,2-6H2,1H3,(H,17,19)(H,20,21). The molecule has 5 heteroatoms. The van der Waals surface area contributed by atoms with Crippen LogP contribution in [-0.4, -0.2) is 28.1 Å². The highest BCUT2D eigenvalue weighted by Crippen LogP contribution is 2.24. The molecule has 0 bridgehead atoms. The number of benzene rings is 1. The highest BCUT2D eigenvalue weighted by Gasteiger charge is 2.30. The molecule has 0 aliphatic heterocycles. The molecule has 21 heavy (non-hydrogen) atoms. The van der Waals surface area contributed by atoms with Crippen molar-refractivity contribution in [2.75, 3.05) is 0 Å². The molecule has 1 fully saturated rings. The minimum Gasteiger partial charge on any atom is -0.508 e. The van der Waals surface area contributed by atoms with Crippen LogP contribution < -0.4 is 5.32 Å². The third-order valence-corrected chi connectivity index (χ3v) is 4.11. The number of carboxylic acids is 1. The number of rotatable bonds is 3. The molecule has 0 saturated heterocycles. The van der Waals surface area contributed by atoms with Gasteiger partial charge in [0.15, 0.2) is 0 Å². The summed E-state index contributed by atoms with van der Waals surface area (Å²) in [7, 11) is 0. The van der Waals surface area contributed by atoms with Gasteiger partial charge >= 0.3 is 5.97 Å². The highest BCUT2D eigenvalue weighted by molar-refractivity contribution is 5.95. The van der Waals surface area contributed by atoms with Crippen LogP contribution in [0.3, 0.4) is 0 Å². The Morgan fingerprint density at radius 1 is 1.19 bits per heavy atom. The molecular formula is C16H21NO4. The number of amides is 1. The molecule has 3 N–H and O–H groups in total. The Balaban J connectivity index is 2.12. The number of aliphatic carboxylic acids is 1. The zero-order chi connectivity index (χ0) is 15.4. The molecule has 0 radical (unpaired) electrons. The van der Waals surface area contributed by atoms with E-state index in [1.54, 1.807) is 19.1 Å². The Bertz CT molecular complexity index is 541. The maximum absolute atomic E-state index is 12.3. The Morgan fingerprint density at radius 2 is 1.90 bits per heavy atom. The Kier molecular flexibility index (Phi) is 4.83. The number of phenols is 1. The summed E-state index contributed by atoms with van der Waals surface area (Å²) in [6, 6.07) is 4.31. The van der Waals surface area contributed by atoms with Gasteiger partial charge in [0.1, 0.15) is 5.75 Å². The van der Waals surface area contributed by atoms with Crippen LogP contribution in [0.25, 0.3) is 0 Å². The van der Waals surface area contributed by atoms with E-state index in [0.717, 1.165) is 19.3 Å². The van der Waals surface area contributed by atoms with Crippen LogP contribution >= 0.6 is 0 Å². The summed E-state index contributed by atoms with van der Waals surface area (Å²) >= 11 is 0. The second-order valence-corrected chi connectivity index (χ2v) is 5.66. The number of carboxylic acid groups (broad SMARTS) is 1. The number of phenolic OH excluding ortho intramolecular Hbond substituents is 1. The van der Waals surface area contributed by atoms with Crippen molar-refractivity contribution in [3.8, 4) is 5.75 Å². The first-order chi connectivity index (χ1) is 9.99. The molecule has 2 unspecified atom stereocenters. The van der Waals surface area contributed by atoms with Crippen molar-refractivity contribution in [3.63, 3.8) is 0 Å². The molecule has 1 amide bonds. The van der Waals surface area contributed by atoms with E-state index >= 15 is 0 Å². The Hall–Kier alpha value is -2.04. The summed E-state index contributed by atoms with van der Waals surface area (Å²) < 4.78 is 0. The van der Waals surface area contributed by atoms with E-state index in [1.165, 1.54) is 6.07 Å². The van der Waals surface area contributed by atoms with Crippen LogP contribution in [0.15, 0.2) is 18.2 Å². The first kappa shape index (κ1) is 15.4. The molecule has 0 aromatic heterocycles. The van der Waals surface area contributed by atoms with E-state index in [4.69, 9.17) is 0 Å². The number of carbonyl (C=O) groups is 2. The lowest BCUT2D eigenvalue weighted by molar-refractivity contribution is -0.142.